The Morgan fingerprint density at radius 3 is 2.10 bits per heavy atom. The number of hydrogen-bond donors (Lipinski definition) is 0. The molecule has 0 radical (unpaired) electrons. The number of ether oxygens (including phenoxy) is 1. The average molecular weight is 420 g/mol. The lowest BCUT2D eigenvalue weighted by Gasteiger charge is -2.29. The largest absolute Gasteiger partial charge is 0.744 e. The van der Waals surface area contributed by atoms with Crippen LogP contribution in [0.4, 0.5) is 0 Å². The Bertz CT molecular complexity index is 904. The van der Waals surface area contributed by atoms with Gasteiger partial charge in [-0.2, -0.15) is 0 Å². The van der Waals surface area contributed by atoms with Crippen LogP contribution in [0.1, 0.15) is 18.1 Å². The fraction of sp³-hybridized carbons (Fsp3) is 0.318. The van der Waals surface area contributed by atoms with Gasteiger partial charge in [-0.15, -0.1) is 0 Å². The van der Waals surface area contributed by atoms with Gasteiger partial charge in [0.15, 0.2) is 0 Å². The molecule has 0 spiro atoms. The fourth-order valence-corrected chi connectivity index (χ4v) is 2.84. The predicted molar refractivity (Wildman–Crippen MR) is 112 cm³/mol. The van der Waals surface area contributed by atoms with E-state index < -0.39 is 10.1 Å². The Balaban J connectivity index is 0.000000326. The molecule has 0 saturated heterocycles. The molecule has 0 aliphatic heterocycles. The van der Waals surface area contributed by atoms with Crippen LogP contribution in [0.2, 0.25) is 0 Å². The molecule has 0 aromatic heterocycles. The first-order valence-electron chi connectivity index (χ1n) is 9.12. The number of nitrogens with zero attached hydrogens (tertiary/aromatic N) is 1. The maximum atomic E-state index is 11.3. The van der Waals surface area contributed by atoms with E-state index in [2.05, 4.69) is 32.8 Å². The first-order chi connectivity index (χ1) is 13.4. The summed E-state index contributed by atoms with van der Waals surface area (Å²) in [5, 5.41) is 0. The number of rotatable bonds is 7. The van der Waals surface area contributed by atoms with Crippen molar-refractivity contribution >= 4 is 16.1 Å². The summed E-state index contributed by atoms with van der Waals surface area (Å²) in [7, 11) is -0.0164. The van der Waals surface area contributed by atoms with Gasteiger partial charge in [0.25, 0.3) is 0 Å². The van der Waals surface area contributed by atoms with Crippen molar-refractivity contribution in [3.8, 4) is 0 Å². The van der Waals surface area contributed by atoms with Crippen LogP contribution >= 0.6 is 0 Å². The van der Waals surface area contributed by atoms with E-state index in [0.29, 0.717) is 12.2 Å². The molecule has 0 aliphatic rings. The Morgan fingerprint density at radius 2 is 1.62 bits per heavy atom. The highest BCUT2D eigenvalue weighted by atomic mass is 32.2. The van der Waals surface area contributed by atoms with Gasteiger partial charge in [-0.3, -0.25) is 0 Å². The molecule has 2 rings (SSSR count). The van der Waals surface area contributed by atoms with Gasteiger partial charge < -0.3 is 13.8 Å². The molecule has 2 aromatic rings. The number of quaternary nitrogens is 1. The van der Waals surface area contributed by atoms with E-state index in [4.69, 9.17) is 4.74 Å². The zero-order chi connectivity index (χ0) is 22.1. The van der Waals surface area contributed by atoms with Crippen molar-refractivity contribution in [3.05, 3.63) is 77.9 Å². The minimum Gasteiger partial charge on any atom is -0.744 e. The summed E-state index contributed by atoms with van der Waals surface area (Å²) in [6, 6.07) is 16.1. The topological polar surface area (TPSA) is 83.5 Å². The van der Waals surface area contributed by atoms with Gasteiger partial charge in [0.2, 0.25) is 0 Å². The molecular formula is C22H29NO5S. The number of esters is 1. The third-order valence-electron chi connectivity index (χ3n) is 4.04. The molecule has 0 unspecified atom stereocenters. The first-order valence-corrected chi connectivity index (χ1v) is 10.5. The second-order valence-electron chi connectivity index (χ2n) is 7.49. The zero-order valence-electron chi connectivity index (χ0n) is 17.4. The van der Waals surface area contributed by atoms with E-state index in [-0.39, 0.29) is 10.9 Å². The van der Waals surface area contributed by atoms with Crippen LogP contribution in [0.5, 0.6) is 0 Å². The summed E-state index contributed by atoms with van der Waals surface area (Å²) in [5.74, 6) is -0.310. The molecule has 0 heterocycles. The van der Waals surface area contributed by atoms with E-state index in [9.17, 15) is 17.8 Å². The van der Waals surface area contributed by atoms with Crippen LogP contribution in [0, 0.1) is 6.92 Å². The lowest BCUT2D eigenvalue weighted by molar-refractivity contribution is -0.903. The maximum Gasteiger partial charge on any atom is 0.333 e. The number of carbonyl (C=O) groups excluding carboxylic acids is 1. The minimum atomic E-state index is -4.27. The van der Waals surface area contributed by atoms with Crippen LogP contribution in [0.3, 0.4) is 0 Å². The molecule has 29 heavy (non-hydrogen) atoms. The molecule has 0 saturated carbocycles. The van der Waals surface area contributed by atoms with E-state index >= 15 is 0 Å². The number of benzene rings is 2. The summed E-state index contributed by atoms with van der Waals surface area (Å²) in [6.07, 6.45) is 0. The number of carbonyl (C=O) groups is 1. The molecule has 0 bridgehead atoms. The van der Waals surface area contributed by atoms with E-state index in [1.165, 1.54) is 17.7 Å². The van der Waals surface area contributed by atoms with Crippen molar-refractivity contribution in [1.29, 1.82) is 0 Å². The summed E-state index contributed by atoms with van der Waals surface area (Å²) in [6.45, 7) is 9.17. The van der Waals surface area contributed by atoms with Crippen LogP contribution in [0.25, 0.3) is 0 Å². The van der Waals surface area contributed by atoms with Gasteiger partial charge in [-0.1, -0.05) is 54.6 Å². The number of aryl methyl sites for hydroxylation is 1. The van der Waals surface area contributed by atoms with Gasteiger partial charge in [-0.25, -0.2) is 13.2 Å². The molecule has 7 heteroatoms. The molecule has 2 aromatic carbocycles. The third-order valence-corrected chi connectivity index (χ3v) is 4.89. The van der Waals surface area contributed by atoms with Crippen LogP contribution in [-0.2, 0) is 26.2 Å². The molecule has 0 aliphatic carbocycles. The summed E-state index contributed by atoms with van der Waals surface area (Å²) >= 11 is 0. The maximum absolute atomic E-state index is 11.3. The number of likely N-dealkylation sites (N-methyl/N-ethyl adjacent to an activating group) is 1. The summed E-state index contributed by atoms with van der Waals surface area (Å²) < 4.78 is 37.1. The fourth-order valence-electron chi connectivity index (χ4n) is 2.37. The van der Waals surface area contributed by atoms with Gasteiger partial charge in [0, 0.05) is 11.1 Å². The van der Waals surface area contributed by atoms with Crippen LogP contribution < -0.4 is 0 Å². The van der Waals surface area contributed by atoms with Crippen molar-refractivity contribution in [2.75, 3.05) is 27.2 Å². The van der Waals surface area contributed by atoms with Crippen molar-refractivity contribution in [2.24, 2.45) is 0 Å². The Kier molecular flexibility index (Phi) is 9.23. The lowest BCUT2D eigenvalue weighted by atomic mass is 10.2. The highest BCUT2D eigenvalue weighted by Gasteiger charge is 2.16. The summed E-state index contributed by atoms with van der Waals surface area (Å²) in [4.78, 5) is 11.1. The van der Waals surface area contributed by atoms with Crippen molar-refractivity contribution in [2.45, 2.75) is 25.3 Å². The highest BCUT2D eigenvalue weighted by molar-refractivity contribution is 7.85. The molecule has 0 amide bonds. The molecule has 0 fully saturated rings. The monoisotopic (exact) mass is 419 g/mol. The third kappa shape index (κ3) is 10.0. The quantitative estimate of drug-likeness (QED) is 0.298. The van der Waals surface area contributed by atoms with E-state index in [1.54, 1.807) is 19.1 Å². The molecule has 6 nitrogen and oxygen atoms in total. The predicted octanol–water partition coefficient (Wildman–Crippen LogP) is 3.28. The van der Waals surface area contributed by atoms with E-state index in [1.807, 2.05) is 25.1 Å². The van der Waals surface area contributed by atoms with Gasteiger partial charge in [0.05, 0.1) is 19.0 Å². The molecule has 0 atom stereocenters. The lowest BCUT2D eigenvalue weighted by Crippen LogP contribution is -2.41. The Hall–Kier alpha value is -2.48. The SMILES string of the molecule is C=C(C)C(=O)OCC[N+](C)(C)Cc1ccccc1.Cc1ccc(S(=O)(=O)[O-])cc1. The summed E-state index contributed by atoms with van der Waals surface area (Å²) in [5.41, 5.74) is 2.66. The van der Waals surface area contributed by atoms with Crippen molar-refractivity contribution < 1.29 is 27.0 Å². The average Bonchev–Trinajstić information content (AvgIpc) is 2.62. The van der Waals surface area contributed by atoms with Crippen molar-refractivity contribution in [3.63, 3.8) is 0 Å². The normalized spacial score (nSPS) is 11.2. The Labute approximate surface area is 173 Å². The molecule has 158 valence electrons. The molecule has 0 N–H and O–H groups in total. The number of hydrogen-bond acceptors (Lipinski definition) is 5. The van der Waals surface area contributed by atoms with Crippen LogP contribution in [0.15, 0.2) is 71.6 Å². The first kappa shape index (κ1) is 24.6. The standard InChI is InChI=1S/C15H22NO2.C7H8O3S/c1-13(2)15(17)18-11-10-16(3,4)12-14-8-6-5-7-9-14;1-6-2-4-7(5-3-6)11(8,9)10/h5-9H,1,10-12H2,2-4H3;2-5H,1H3,(H,8,9,10)/q+1;/p-1. The second-order valence-corrected chi connectivity index (χ2v) is 8.87. The Morgan fingerprint density at radius 1 is 1.07 bits per heavy atom. The zero-order valence-corrected chi connectivity index (χ0v) is 18.2. The van der Waals surface area contributed by atoms with Crippen molar-refractivity contribution in [1.82, 2.24) is 0 Å². The minimum absolute atomic E-state index is 0.178. The van der Waals surface area contributed by atoms with Gasteiger partial charge >= 0.3 is 5.97 Å². The highest BCUT2D eigenvalue weighted by Crippen LogP contribution is 2.09. The van der Waals surface area contributed by atoms with E-state index in [0.717, 1.165) is 23.1 Å². The van der Waals surface area contributed by atoms with Gasteiger partial charge in [0.1, 0.15) is 29.8 Å². The second kappa shape index (κ2) is 10.9. The van der Waals surface area contributed by atoms with Gasteiger partial charge in [-0.05, 0) is 26.0 Å². The molecular weight excluding hydrogens is 390 g/mol. The smallest absolute Gasteiger partial charge is 0.333 e. The van der Waals surface area contributed by atoms with Crippen LogP contribution in [-0.4, -0.2) is 50.7 Å².